The summed E-state index contributed by atoms with van der Waals surface area (Å²) < 4.78 is 6.42. The lowest BCUT2D eigenvalue weighted by Crippen LogP contribution is -2.35. The topological polar surface area (TPSA) is 51.4 Å². The SMILES string of the molecule is CN(CC1CCC2(CCCCC2)O1)c1ccncc1N. The van der Waals surface area contributed by atoms with Crippen LogP contribution in [0.15, 0.2) is 18.5 Å². The Morgan fingerprint density at radius 3 is 2.90 bits per heavy atom. The Labute approximate surface area is 121 Å². The summed E-state index contributed by atoms with van der Waals surface area (Å²) in [7, 11) is 2.08. The van der Waals surface area contributed by atoms with Crippen molar-refractivity contribution < 1.29 is 4.74 Å². The van der Waals surface area contributed by atoms with E-state index in [4.69, 9.17) is 10.5 Å². The Hall–Kier alpha value is -1.29. The van der Waals surface area contributed by atoms with E-state index < -0.39 is 0 Å². The molecule has 2 N–H and O–H groups in total. The Bertz CT molecular complexity index is 457. The zero-order valence-electron chi connectivity index (χ0n) is 12.3. The molecule has 2 heterocycles. The fraction of sp³-hybridized carbons (Fsp3) is 0.688. The highest BCUT2D eigenvalue weighted by Crippen LogP contribution is 2.42. The maximum atomic E-state index is 6.42. The molecule has 0 aromatic carbocycles. The van der Waals surface area contributed by atoms with E-state index in [1.165, 1.54) is 44.9 Å². The predicted octanol–water partition coefficient (Wildman–Crippen LogP) is 2.98. The largest absolute Gasteiger partial charge is 0.396 e. The standard InChI is InChI=1S/C16H25N3O/c1-19(15-6-10-18-11-14(15)17)12-13-5-9-16(20-13)7-3-2-4-8-16/h6,10-11,13H,2-5,7-9,12,17H2,1H3. The molecule has 1 aromatic heterocycles. The first-order valence-corrected chi connectivity index (χ1v) is 7.77. The van der Waals surface area contributed by atoms with E-state index in [1.807, 2.05) is 6.07 Å². The van der Waals surface area contributed by atoms with E-state index >= 15 is 0 Å². The van der Waals surface area contributed by atoms with Crippen LogP contribution in [0.4, 0.5) is 11.4 Å². The average molecular weight is 275 g/mol. The van der Waals surface area contributed by atoms with Crippen molar-refractivity contribution in [2.75, 3.05) is 24.2 Å². The smallest absolute Gasteiger partial charge is 0.0758 e. The summed E-state index contributed by atoms with van der Waals surface area (Å²) in [5.41, 5.74) is 7.97. The fourth-order valence-electron chi connectivity index (χ4n) is 3.74. The van der Waals surface area contributed by atoms with E-state index in [0.29, 0.717) is 6.10 Å². The quantitative estimate of drug-likeness (QED) is 0.921. The Morgan fingerprint density at radius 1 is 1.35 bits per heavy atom. The van der Waals surface area contributed by atoms with E-state index in [2.05, 4.69) is 16.9 Å². The Kier molecular flexibility index (Phi) is 3.83. The molecule has 2 aliphatic rings. The summed E-state index contributed by atoms with van der Waals surface area (Å²) in [5.74, 6) is 0. The second-order valence-corrected chi connectivity index (χ2v) is 6.34. The van der Waals surface area contributed by atoms with Gasteiger partial charge in [0.1, 0.15) is 0 Å². The van der Waals surface area contributed by atoms with Crippen molar-refractivity contribution in [3.63, 3.8) is 0 Å². The number of ether oxygens (including phenoxy) is 1. The molecular weight excluding hydrogens is 250 g/mol. The second kappa shape index (κ2) is 5.60. The molecule has 1 saturated heterocycles. The van der Waals surface area contributed by atoms with Crippen LogP contribution in [0, 0.1) is 0 Å². The second-order valence-electron chi connectivity index (χ2n) is 6.34. The molecule has 1 unspecified atom stereocenters. The molecule has 1 spiro atoms. The van der Waals surface area contributed by atoms with Crippen molar-refractivity contribution >= 4 is 11.4 Å². The third-order valence-corrected chi connectivity index (χ3v) is 4.82. The van der Waals surface area contributed by atoms with Gasteiger partial charge in [-0.2, -0.15) is 0 Å². The van der Waals surface area contributed by atoms with Crippen LogP contribution in [-0.4, -0.2) is 30.3 Å². The number of hydrogen-bond acceptors (Lipinski definition) is 4. The van der Waals surface area contributed by atoms with E-state index in [1.54, 1.807) is 12.4 Å². The van der Waals surface area contributed by atoms with E-state index in [-0.39, 0.29) is 5.60 Å². The minimum atomic E-state index is 0.202. The van der Waals surface area contributed by atoms with Crippen LogP contribution in [0.3, 0.4) is 0 Å². The first-order chi connectivity index (χ1) is 9.69. The summed E-state index contributed by atoms with van der Waals surface area (Å²) in [5, 5.41) is 0. The molecule has 4 nitrogen and oxygen atoms in total. The van der Waals surface area contributed by atoms with Crippen LogP contribution in [0.25, 0.3) is 0 Å². The van der Waals surface area contributed by atoms with Gasteiger partial charge in [0.15, 0.2) is 0 Å². The first kappa shape index (κ1) is 13.7. The van der Waals surface area contributed by atoms with E-state index in [0.717, 1.165) is 17.9 Å². The number of anilines is 2. The summed E-state index contributed by atoms with van der Waals surface area (Å²) >= 11 is 0. The Balaban J connectivity index is 1.60. The average Bonchev–Trinajstić information content (AvgIpc) is 2.82. The van der Waals surface area contributed by atoms with Gasteiger partial charge < -0.3 is 15.4 Å². The molecule has 0 amide bonds. The molecule has 1 aliphatic heterocycles. The lowest BCUT2D eigenvalue weighted by atomic mass is 9.83. The highest BCUT2D eigenvalue weighted by Gasteiger charge is 2.40. The molecular formula is C16H25N3O. The number of aromatic nitrogens is 1. The van der Waals surface area contributed by atoms with Gasteiger partial charge in [-0.15, -0.1) is 0 Å². The van der Waals surface area contributed by atoms with Gasteiger partial charge in [0.05, 0.1) is 29.3 Å². The minimum Gasteiger partial charge on any atom is -0.396 e. The van der Waals surface area contributed by atoms with Crippen LogP contribution in [0.2, 0.25) is 0 Å². The molecule has 1 saturated carbocycles. The summed E-state index contributed by atoms with van der Waals surface area (Å²) in [4.78, 5) is 6.24. The van der Waals surface area contributed by atoms with Gasteiger partial charge in [0, 0.05) is 19.8 Å². The fourth-order valence-corrected chi connectivity index (χ4v) is 3.74. The normalized spacial score (nSPS) is 24.9. The lowest BCUT2D eigenvalue weighted by molar-refractivity contribution is -0.0602. The third kappa shape index (κ3) is 2.75. The van der Waals surface area contributed by atoms with Crippen molar-refractivity contribution in [3.8, 4) is 0 Å². The molecule has 1 aromatic rings. The highest BCUT2D eigenvalue weighted by molar-refractivity contribution is 5.65. The van der Waals surface area contributed by atoms with Crippen LogP contribution >= 0.6 is 0 Å². The zero-order valence-corrected chi connectivity index (χ0v) is 12.3. The highest BCUT2D eigenvalue weighted by atomic mass is 16.5. The number of nitrogens with two attached hydrogens (primary N) is 1. The molecule has 20 heavy (non-hydrogen) atoms. The van der Waals surface area contributed by atoms with Gasteiger partial charge in [-0.05, 0) is 31.7 Å². The molecule has 0 radical (unpaired) electrons. The maximum absolute atomic E-state index is 6.42. The monoisotopic (exact) mass is 275 g/mol. The van der Waals surface area contributed by atoms with Gasteiger partial charge in [-0.3, -0.25) is 4.98 Å². The molecule has 0 bridgehead atoms. The van der Waals surface area contributed by atoms with Crippen molar-refractivity contribution in [2.24, 2.45) is 0 Å². The molecule has 4 heteroatoms. The van der Waals surface area contributed by atoms with Crippen LogP contribution in [0.1, 0.15) is 44.9 Å². The molecule has 1 atom stereocenters. The number of rotatable bonds is 3. The molecule has 110 valence electrons. The molecule has 3 rings (SSSR count). The Morgan fingerprint density at radius 2 is 2.15 bits per heavy atom. The van der Waals surface area contributed by atoms with Crippen molar-refractivity contribution in [3.05, 3.63) is 18.5 Å². The number of nitrogens with zero attached hydrogens (tertiary/aromatic N) is 2. The zero-order chi connectivity index (χ0) is 14.0. The number of pyridine rings is 1. The van der Waals surface area contributed by atoms with Crippen molar-refractivity contribution in [1.29, 1.82) is 0 Å². The van der Waals surface area contributed by atoms with Crippen LogP contribution < -0.4 is 10.6 Å². The van der Waals surface area contributed by atoms with Gasteiger partial charge in [-0.25, -0.2) is 0 Å². The number of hydrogen-bond donors (Lipinski definition) is 1. The summed E-state index contributed by atoms with van der Waals surface area (Å²) in [6.07, 6.45) is 12.8. The predicted molar refractivity (Wildman–Crippen MR) is 81.8 cm³/mol. The first-order valence-electron chi connectivity index (χ1n) is 7.77. The molecule has 2 fully saturated rings. The van der Waals surface area contributed by atoms with Gasteiger partial charge in [0.25, 0.3) is 0 Å². The number of likely N-dealkylation sites (N-methyl/N-ethyl adjacent to an activating group) is 1. The summed E-state index contributed by atoms with van der Waals surface area (Å²) in [6.45, 7) is 0.913. The molecule has 1 aliphatic carbocycles. The van der Waals surface area contributed by atoms with Crippen molar-refractivity contribution in [1.82, 2.24) is 4.98 Å². The van der Waals surface area contributed by atoms with Crippen LogP contribution in [-0.2, 0) is 4.74 Å². The van der Waals surface area contributed by atoms with Gasteiger partial charge in [-0.1, -0.05) is 19.3 Å². The van der Waals surface area contributed by atoms with Crippen LogP contribution in [0.5, 0.6) is 0 Å². The summed E-state index contributed by atoms with van der Waals surface area (Å²) in [6, 6.07) is 1.97. The lowest BCUT2D eigenvalue weighted by Gasteiger charge is -2.34. The minimum absolute atomic E-state index is 0.202. The van der Waals surface area contributed by atoms with E-state index in [9.17, 15) is 0 Å². The maximum Gasteiger partial charge on any atom is 0.0758 e. The van der Waals surface area contributed by atoms with Gasteiger partial charge >= 0.3 is 0 Å². The number of nitrogen functional groups attached to an aromatic ring is 1. The van der Waals surface area contributed by atoms with Crippen molar-refractivity contribution in [2.45, 2.75) is 56.7 Å². The van der Waals surface area contributed by atoms with Gasteiger partial charge in [0.2, 0.25) is 0 Å². The third-order valence-electron chi connectivity index (χ3n) is 4.82.